The highest BCUT2D eigenvalue weighted by atomic mass is 19.1. The minimum Gasteiger partial charge on any atom is -0.375 e. The van der Waals surface area contributed by atoms with Crippen molar-refractivity contribution in [3.8, 4) is 0 Å². The number of nitrogens with zero attached hydrogens (tertiary/aromatic N) is 4. The molecule has 3 aliphatic heterocycles. The Morgan fingerprint density at radius 2 is 1.55 bits per heavy atom. The first-order valence-corrected chi connectivity index (χ1v) is 15.8. The standard InChI is InChI=1S/C33H41FN6O4/c34-29-6-5-23(20-30-26-3-1-2-4-27(26)33(43)37-36-30)19-28(29)31(41)21-39-15-17-40(18-16-39)32(42)22-38-13-9-25(10-14-38)44-24-7-11-35-12-8-24/h1-6,19,24-25,35H,7-18,20-22H2,(H,37,43). The van der Waals surface area contributed by atoms with Crippen LogP contribution in [0.15, 0.2) is 47.3 Å². The van der Waals surface area contributed by atoms with Crippen LogP contribution in [0.1, 0.15) is 47.3 Å². The van der Waals surface area contributed by atoms with Gasteiger partial charge in [0, 0.05) is 51.1 Å². The van der Waals surface area contributed by atoms with Crippen molar-refractivity contribution in [2.24, 2.45) is 0 Å². The van der Waals surface area contributed by atoms with Gasteiger partial charge >= 0.3 is 0 Å². The molecule has 0 unspecified atom stereocenters. The summed E-state index contributed by atoms with van der Waals surface area (Å²) < 4.78 is 21.1. The smallest absolute Gasteiger partial charge is 0.272 e. The van der Waals surface area contributed by atoms with E-state index in [0.717, 1.165) is 62.8 Å². The first kappa shape index (κ1) is 30.5. The summed E-state index contributed by atoms with van der Waals surface area (Å²) in [5.41, 5.74) is 1.17. The predicted octanol–water partition coefficient (Wildman–Crippen LogP) is 2.21. The minimum atomic E-state index is -0.559. The molecule has 0 saturated carbocycles. The van der Waals surface area contributed by atoms with Crippen molar-refractivity contribution in [1.82, 2.24) is 30.2 Å². The maximum Gasteiger partial charge on any atom is 0.272 e. The Labute approximate surface area is 256 Å². The molecular formula is C33H41FN6O4. The number of halogens is 1. The number of aromatic amines is 1. The Morgan fingerprint density at radius 1 is 0.864 bits per heavy atom. The largest absolute Gasteiger partial charge is 0.375 e. The minimum absolute atomic E-state index is 0.0438. The van der Waals surface area contributed by atoms with E-state index in [2.05, 4.69) is 20.4 Å². The predicted molar refractivity (Wildman–Crippen MR) is 165 cm³/mol. The van der Waals surface area contributed by atoms with Crippen molar-refractivity contribution in [1.29, 1.82) is 0 Å². The van der Waals surface area contributed by atoms with Crippen molar-refractivity contribution < 1.29 is 18.7 Å². The van der Waals surface area contributed by atoms with Crippen LogP contribution in [-0.4, -0.2) is 114 Å². The van der Waals surface area contributed by atoms with Crippen LogP contribution in [0.5, 0.6) is 0 Å². The van der Waals surface area contributed by atoms with E-state index in [0.29, 0.717) is 56.3 Å². The number of ether oxygens (including phenoxy) is 1. The van der Waals surface area contributed by atoms with Crippen LogP contribution in [0.2, 0.25) is 0 Å². The Bertz CT molecular complexity index is 1520. The molecule has 0 spiro atoms. The van der Waals surface area contributed by atoms with Gasteiger partial charge in [0.05, 0.1) is 41.9 Å². The maximum absolute atomic E-state index is 14.8. The summed E-state index contributed by atoms with van der Waals surface area (Å²) in [5, 5.41) is 11.4. The third-order valence-electron chi connectivity index (χ3n) is 9.13. The molecule has 234 valence electrons. The molecule has 3 fully saturated rings. The Balaban J connectivity index is 0.971. The van der Waals surface area contributed by atoms with Gasteiger partial charge in [-0.2, -0.15) is 5.10 Å². The van der Waals surface area contributed by atoms with Gasteiger partial charge in [-0.15, -0.1) is 0 Å². The second-order valence-electron chi connectivity index (χ2n) is 12.2. The molecule has 6 rings (SSSR count). The molecule has 0 radical (unpaired) electrons. The highest BCUT2D eigenvalue weighted by Crippen LogP contribution is 2.21. The van der Waals surface area contributed by atoms with Gasteiger partial charge in [-0.05, 0) is 62.5 Å². The number of benzene rings is 2. The molecule has 2 N–H and O–H groups in total. The molecule has 11 heteroatoms. The molecule has 3 saturated heterocycles. The number of piperidine rings is 2. The summed E-state index contributed by atoms with van der Waals surface area (Å²) in [4.78, 5) is 44.4. The number of carbonyl (C=O) groups is 2. The molecule has 1 aromatic heterocycles. The number of aromatic nitrogens is 2. The average molecular weight is 605 g/mol. The normalized spacial score (nSPS) is 19.4. The third-order valence-corrected chi connectivity index (χ3v) is 9.13. The zero-order chi connectivity index (χ0) is 30.5. The Hall–Kier alpha value is -3.51. The maximum atomic E-state index is 14.8. The fraction of sp³-hybridized carbons (Fsp3) is 0.515. The van der Waals surface area contributed by atoms with Gasteiger partial charge in [0.1, 0.15) is 5.82 Å². The molecule has 0 atom stereocenters. The molecule has 4 heterocycles. The van der Waals surface area contributed by atoms with E-state index in [9.17, 15) is 18.8 Å². The molecule has 1 amide bonds. The number of likely N-dealkylation sites (tertiary alicyclic amines) is 1. The van der Waals surface area contributed by atoms with Crippen molar-refractivity contribution in [2.75, 3.05) is 65.4 Å². The zero-order valence-corrected chi connectivity index (χ0v) is 25.1. The lowest BCUT2D eigenvalue weighted by Crippen LogP contribution is -2.53. The molecule has 0 aliphatic carbocycles. The number of hydrogen-bond acceptors (Lipinski definition) is 8. The monoisotopic (exact) mass is 604 g/mol. The second kappa shape index (κ2) is 14.1. The molecular weight excluding hydrogens is 563 g/mol. The van der Waals surface area contributed by atoms with Crippen molar-refractivity contribution in [3.05, 3.63) is 75.5 Å². The number of piperazine rings is 1. The van der Waals surface area contributed by atoms with Crippen LogP contribution in [0.3, 0.4) is 0 Å². The van der Waals surface area contributed by atoms with E-state index >= 15 is 0 Å². The van der Waals surface area contributed by atoms with Gasteiger partial charge in [-0.3, -0.25) is 24.2 Å². The summed E-state index contributed by atoms with van der Waals surface area (Å²) in [6.45, 7) is 6.53. The summed E-state index contributed by atoms with van der Waals surface area (Å²) in [6, 6.07) is 11.7. The number of ketones is 1. The molecule has 0 bridgehead atoms. The van der Waals surface area contributed by atoms with Gasteiger partial charge in [-0.1, -0.05) is 24.3 Å². The van der Waals surface area contributed by atoms with Crippen LogP contribution < -0.4 is 10.9 Å². The highest BCUT2D eigenvalue weighted by molar-refractivity contribution is 5.98. The Morgan fingerprint density at radius 3 is 2.30 bits per heavy atom. The number of hydrogen-bond donors (Lipinski definition) is 2. The number of carbonyl (C=O) groups excluding carboxylic acids is 2. The molecule has 3 aliphatic rings. The summed E-state index contributed by atoms with van der Waals surface area (Å²) in [7, 11) is 0. The number of amides is 1. The van der Waals surface area contributed by atoms with Crippen molar-refractivity contribution >= 4 is 22.5 Å². The lowest BCUT2D eigenvalue weighted by molar-refractivity contribution is -0.135. The van der Waals surface area contributed by atoms with E-state index in [1.54, 1.807) is 24.3 Å². The summed E-state index contributed by atoms with van der Waals surface area (Å²) in [6.07, 6.45) is 5.07. The number of Topliss-reactive ketones (excluding diaryl/α,β-unsaturated/α-hetero) is 1. The summed E-state index contributed by atoms with van der Waals surface area (Å²) in [5.74, 6) is -0.731. The van der Waals surface area contributed by atoms with Gasteiger partial charge in [0.2, 0.25) is 5.91 Å². The average Bonchev–Trinajstić information content (AvgIpc) is 3.05. The molecule has 2 aromatic carbocycles. The van der Waals surface area contributed by atoms with Crippen LogP contribution in [0, 0.1) is 5.82 Å². The highest BCUT2D eigenvalue weighted by Gasteiger charge is 2.28. The zero-order valence-electron chi connectivity index (χ0n) is 25.1. The fourth-order valence-electron chi connectivity index (χ4n) is 6.54. The first-order chi connectivity index (χ1) is 21.4. The topological polar surface area (TPSA) is 111 Å². The van der Waals surface area contributed by atoms with Crippen LogP contribution in [0.4, 0.5) is 4.39 Å². The molecule has 10 nitrogen and oxygen atoms in total. The summed E-state index contributed by atoms with van der Waals surface area (Å²) >= 11 is 0. The van der Waals surface area contributed by atoms with Crippen molar-refractivity contribution in [2.45, 2.75) is 44.3 Å². The van der Waals surface area contributed by atoms with Gasteiger partial charge in [0.25, 0.3) is 5.56 Å². The lowest BCUT2D eigenvalue weighted by Gasteiger charge is -2.37. The molecule has 44 heavy (non-hydrogen) atoms. The van der Waals surface area contributed by atoms with Crippen LogP contribution >= 0.6 is 0 Å². The number of rotatable bonds is 9. The van der Waals surface area contributed by atoms with Gasteiger partial charge in [0.15, 0.2) is 5.78 Å². The number of nitrogens with one attached hydrogen (secondary N) is 2. The molecule has 3 aromatic rings. The van der Waals surface area contributed by atoms with Crippen LogP contribution in [0.25, 0.3) is 10.8 Å². The van der Waals surface area contributed by atoms with E-state index in [-0.39, 0.29) is 35.5 Å². The third kappa shape index (κ3) is 7.40. The Kier molecular flexibility index (Phi) is 9.76. The quantitative estimate of drug-likeness (QED) is 0.358. The van der Waals surface area contributed by atoms with E-state index < -0.39 is 5.82 Å². The van der Waals surface area contributed by atoms with Gasteiger partial charge < -0.3 is 15.0 Å². The SMILES string of the molecule is O=C(CN1CCN(C(=O)CN2CCC(OC3CCNCC3)CC2)CC1)c1cc(Cc2n[nH]c(=O)c3ccccc23)ccc1F. The number of fused-ring (bicyclic) bond motifs is 1. The second-order valence-corrected chi connectivity index (χ2v) is 12.2. The number of H-pyrrole nitrogens is 1. The fourth-order valence-corrected chi connectivity index (χ4v) is 6.54. The van der Waals surface area contributed by atoms with Crippen molar-refractivity contribution in [3.63, 3.8) is 0 Å². The van der Waals surface area contributed by atoms with Crippen LogP contribution in [-0.2, 0) is 16.0 Å². The van der Waals surface area contributed by atoms with E-state index in [4.69, 9.17) is 4.74 Å². The van der Waals surface area contributed by atoms with E-state index in [1.807, 2.05) is 21.9 Å². The lowest BCUT2D eigenvalue weighted by atomic mass is 10.0. The van der Waals surface area contributed by atoms with E-state index in [1.165, 1.54) is 6.07 Å². The van der Waals surface area contributed by atoms with Gasteiger partial charge in [-0.25, -0.2) is 9.49 Å². The first-order valence-electron chi connectivity index (χ1n) is 15.8.